The third-order valence-corrected chi connectivity index (χ3v) is 2.79. The van der Waals surface area contributed by atoms with Crippen LogP contribution in [0.1, 0.15) is 6.92 Å². The lowest BCUT2D eigenvalue weighted by atomic mass is 10.4. The molecule has 2 unspecified atom stereocenters. The minimum absolute atomic E-state index is 0.173. The van der Waals surface area contributed by atoms with E-state index in [-0.39, 0.29) is 11.8 Å². The zero-order chi connectivity index (χ0) is 10.4. The first-order valence-corrected chi connectivity index (χ1v) is 5.29. The van der Waals surface area contributed by atoms with E-state index in [1.54, 1.807) is 6.92 Å². The van der Waals surface area contributed by atoms with E-state index in [1.165, 1.54) is 6.26 Å². The van der Waals surface area contributed by atoms with Gasteiger partial charge in [0.25, 0.3) is 0 Å². The van der Waals surface area contributed by atoms with Crippen LogP contribution in [0.15, 0.2) is 0 Å². The molecule has 0 aliphatic rings. The van der Waals surface area contributed by atoms with E-state index in [2.05, 4.69) is 10.1 Å². The lowest BCUT2D eigenvalue weighted by molar-refractivity contribution is -0.152. The van der Waals surface area contributed by atoms with Crippen LogP contribution in [-0.4, -0.2) is 41.2 Å². The van der Waals surface area contributed by atoms with Crippen molar-refractivity contribution in [2.75, 3.05) is 19.9 Å². The maximum atomic E-state index is 10.8. The number of rotatable bonds is 3. The van der Waals surface area contributed by atoms with Crippen molar-refractivity contribution in [2.45, 2.75) is 12.2 Å². The molecule has 1 amide bonds. The van der Waals surface area contributed by atoms with E-state index in [9.17, 15) is 13.8 Å². The lowest BCUT2D eigenvalue weighted by Crippen LogP contribution is -2.37. The minimum atomic E-state index is -1.01. The van der Waals surface area contributed by atoms with Crippen molar-refractivity contribution in [2.24, 2.45) is 0 Å². The number of amides is 1. The van der Waals surface area contributed by atoms with Gasteiger partial charge in [-0.3, -0.25) is 9.00 Å². The quantitative estimate of drug-likeness (QED) is 0.478. The van der Waals surface area contributed by atoms with Crippen LogP contribution in [0.4, 0.5) is 0 Å². The highest BCUT2D eigenvalue weighted by Gasteiger charge is 2.15. The lowest BCUT2D eigenvalue weighted by Gasteiger charge is -2.08. The fraction of sp³-hybridized carbons (Fsp3) is 0.714. The van der Waals surface area contributed by atoms with Crippen LogP contribution in [0.2, 0.25) is 0 Å². The van der Waals surface area contributed by atoms with Gasteiger partial charge in [-0.15, -0.1) is 0 Å². The predicted octanol–water partition coefficient (Wildman–Crippen LogP) is -0.957. The smallest absolute Gasteiger partial charge is 0.396 e. The Kier molecular flexibility index (Phi) is 5.29. The summed E-state index contributed by atoms with van der Waals surface area (Å²) in [5.74, 6) is -1.74. The number of ether oxygens (including phenoxy) is 1. The van der Waals surface area contributed by atoms with Gasteiger partial charge in [-0.2, -0.15) is 0 Å². The van der Waals surface area contributed by atoms with E-state index >= 15 is 0 Å². The summed E-state index contributed by atoms with van der Waals surface area (Å²) in [7, 11) is 0.120. The van der Waals surface area contributed by atoms with Gasteiger partial charge in [0.05, 0.1) is 7.11 Å². The van der Waals surface area contributed by atoms with Gasteiger partial charge in [0, 0.05) is 28.9 Å². The molecule has 0 aliphatic carbocycles. The van der Waals surface area contributed by atoms with Crippen LogP contribution >= 0.6 is 0 Å². The van der Waals surface area contributed by atoms with Gasteiger partial charge >= 0.3 is 11.9 Å². The van der Waals surface area contributed by atoms with Crippen molar-refractivity contribution in [3.05, 3.63) is 0 Å². The molecule has 0 saturated carbocycles. The van der Waals surface area contributed by atoms with Gasteiger partial charge in [0.1, 0.15) is 0 Å². The number of methoxy groups -OCH3 is 1. The molecule has 1 N–H and O–H groups in total. The molecule has 0 aliphatic heterocycles. The molecule has 0 bridgehead atoms. The fourth-order valence-electron chi connectivity index (χ4n) is 0.519. The van der Waals surface area contributed by atoms with Gasteiger partial charge in [-0.25, -0.2) is 4.79 Å². The summed E-state index contributed by atoms with van der Waals surface area (Å²) in [5.41, 5.74) is 0. The van der Waals surface area contributed by atoms with Crippen LogP contribution in [0.5, 0.6) is 0 Å². The first kappa shape index (κ1) is 12.1. The summed E-state index contributed by atoms with van der Waals surface area (Å²) in [5, 5.41) is 2.14. The van der Waals surface area contributed by atoms with Crippen LogP contribution in [0.25, 0.3) is 0 Å². The molecule has 0 aromatic rings. The number of carbonyl (C=O) groups is 2. The first-order chi connectivity index (χ1) is 5.99. The highest BCUT2D eigenvalue weighted by Crippen LogP contribution is 1.89. The molecule has 5 nitrogen and oxygen atoms in total. The molecule has 2 atom stereocenters. The third kappa shape index (κ3) is 4.62. The average Bonchev–Trinajstić information content (AvgIpc) is 2.11. The first-order valence-electron chi connectivity index (χ1n) is 3.67. The maximum Gasteiger partial charge on any atom is 0.396 e. The van der Waals surface area contributed by atoms with Gasteiger partial charge in [0.2, 0.25) is 0 Å². The minimum Gasteiger partial charge on any atom is -0.462 e. The molecule has 0 fully saturated rings. The van der Waals surface area contributed by atoms with Crippen molar-refractivity contribution in [3.8, 4) is 0 Å². The van der Waals surface area contributed by atoms with Crippen molar-refractivity contribution in [3.63, 3.8) is 0 Å². The number of esters is 1. The monoisotopic (exact) mass is 207 g/mol. The number of hydrogen-bond acceptors (Lipinski definition) is 4. The summed E-state index contributed by atoms with van der Waals surface area (Å²) in [6.45, 7) is 1.92. The van der Waals surface area contributed by atoms with Crippen molar-refractivity contribution in [1.82, 2.24) is 5.32 Å². The standard InChI is InChI=1S/C7H13NO4S/c1-5(13(3)11)4-8-6(9)7(10)12-2/h5H,4H2,1-3H3,(H,8,9). The van der Waals surface area contributed by atoms with Crippen molar-refractivity contribution < 1.29 is 18.5 Å². The Labute approximate surface area is 79.3 Å². The summed E-state index contributed by atoms with van der Waals surface area (Å²) in [6.07, 6.45) is 1.54. The van der Waals surface area contributed by atoms with Crippen LogP contribution in [0, 0.1) is 0 Å². The molecule has 0 spiro atoms. The second-order valence-electron chi connectivity index (χ2n) is 2.51. The zero-order valence-corrected chi connectivity index (χ0v) is 8.64. The maximum absolute atomic E-state index is 10.8. The van der Waals surface area contributed by atoms with Crippen molar-refractivity contribution in [1.29, 1.82) is 0 Å². The molecule has 13 heavy (non-hydrogen) atoms. The summed E-state index contributed by atoms with van der Waals surface area (Å²) >= 11 is 0. The van der Waals surface area contributed by atoms with Crippen LogP contribution in [-0.2, 0) is 25.1 Å². The van der Waals surface area contributed by atoms with E-state index in [0.717, 1.165) is 7.11 Å². The summed E-state index contributed by atoms with van der Waals surface area (Å²) < 4.78 is 15.0. The number of carbonyl (C=O) groups excluding carboxylic acids is 2. The predicted molar refractivity (Wildman–Crippen MR) is 48.6 cm³/mol. The SMILES string of the molecule is COC(=O)C(=O)NCC(C)S(C)=O. The van der Waals surface area contributed by atoms with E-state index in [1.807, 2.05) is 0 Å². The topological polar surface area (TPSA) is 72.5 Å². The van der Waals surface area contributed by atoms with Gasteiger partial charge in [0.15, 0.2) is 0 Å². The Bertz CT molecular complexity index is 229. The second kappa shape index (κ2) is 5.69. The third-order valence-electron chi connectivity index (χ3n) is 1.49. The van der Waals surface area contributed by atoms with E-state index in [0.29, 0.717) is 0 Å². The Balaban J connectivity index is 3.83. The van der Waals surface area contributed by atoms with Crippen molar-refractivity contribution >= 4 is 22.7 Å². The Hall–Kier alpha value is -0.910. The zero-order valence-electron chi connectivity index (χ0n) is 7.83. The van der Waals surface area contributed by atoms with E-state index < -0.39 is 22.7 Å². The molecular formula is C7H13NO4S. The molecule has 0 radical (unpaired) electrons. The Morgan fingerprint density at radius 1 is 1.54 bits per heavy atom. The normalized spacial score (nSPS) is 14.4. The van der Waals surface area contributed by atoms with Crippen LogP contribution in [0.3, 0.4) is 0 Å². The molecule has 6 heteroatoms. The highest BCUT2D eigenvalue weighted by molar-refractivity contribution is 7.84. The van der Waals surface area contributed by atoms with Gasteiger partial charge in [-0.05, 0) is 6.92 Å². The molecule has 0 rings (SSSR count). The summed E-state index contributed by atoms with van der Waals surface area (Å²) in [6, 6.07) is 0. The van der Waals surface area contributed by atoms with Gasteiger partial charge < -0.3 is 10.1 Å². The van der Waals surface area contributed by atoms with E-state index in [4.69, 9.17) is 0 Å². The fourth-order valence-corrected chi connectivity index (χ4v) is 0.837. The Morgan fingerprint density at radius 3 is 2.46 bits per heavy atom. The highest BCUT2D eigenvalue weighted by atomic mass is 32.2. The number of hydrogen-bond donors (Lipinski definition) is 1. The molecular weight excluding hydrogens is 194 g/mol. The molecule has 0 heterocycles. The number of nitrogens with one attached hydrogen (secondary N) is 1. The average molecular weight is 207 g/mol. The van der Waals surface area contributed by atoms with Crippen LogP contribution < -0.4 is 5.32 Å². The molecule has 76 valence electrons. The van der Waals surface area contributed by atoms with Gasteiger partial charge in [-0.1, -0.05) is 0 Å². The molecule has 0 aromatic carbocycles. The second-order valence-corrected chi connectivity index (χ2v) is 4.31. The Morgan fingerprint density at radius 2 is 2.08 bits per heavy atom. The molecule has 0 saturated heterocycles. The summed E-state index contributed by atoms with van der Waals surface area (Å²) in [4.78, 5) is 21.4. The largest absolute Gasteiger partial charge is 0.462 e. The molecule has 0 aromatic heterocycles.